The van der Waals surface area contributed by atoms with Gasteiger partial charge in [0.1, 0.15) is 17.3 Å². The van der Waals surface area contributed by atoms with Gasteiger partial charge in [0, 0.05) is 67.7 Å². The number of aliphatic hydroxyl groups excluding tert-OH is 1. The molecule has 1 aliphatic rings. The maximum atomic E-state index is 14.3. The van der Waals surface area contributed by atoms with Gasteiger partial charge in [0.2, 0.25) is 5.91 Å². The third-order valence-corrected chi connectivity index (χ3v) is 6.02. The van der Waals surface area contributed by atoms with E-state index in [9.17, 15) is 14.3 Å². The second-order valence-electron chi connectivity index (χ2n) is 8.37. The highest BCUT2D eigenvalue weighted by Crippen LogP contribution is 2.29. The summed E-state index contributed by atoms with van der Waals surface area (Å²) in [7, 11) is 2.10. The summed E-state index contributed by atoms with van der Waals surface area (Å²) in [6.07, 6.45) is 1.93. The molecule has 3 aromatic rings. The fourth-order valence-electron chi connectivity index (χ4n) is 3.74. The van der Waals surface area contributed by atoms with E-state index < -0.39 is 5.82 Å². The lowest BCUT2D eigenvalue weighted by atomic mass is 10.1. The first-order chi connectivity index (χ1) is 16.9. The molecule has 1 aliphatic heterocycles. The van der Waals surface area contributed by atoms with Gasteiger partial charge in [0.15, 0.2) is 0 Å². The molecule has 184 valence electrons. The number of likely N-dealkylation sites (N-methyl/N-ethyl adjacent to an activating group) is 1. The van der Waals surface area contributed by atoms with Crippen molar-refractivity contribution in [3.8, 4) is 11.3 Å². The minimum atomic E-state index is -0.489. The van der Waals surface area contributed by atoms with Gasteiger partial charge in [0.05, 0.1) is 18.0 Å². The zero-order chi connectivity index (χ0) is 24.8. The van der Waals surface area contributed by atoms with Crippen LogP contribution in [0.1, 0.15) is 12.1 Å². The lowest BCUT2D eigenvalue weighted by Crippen LogP contribution is -2.45. The number of aromatic nitrogens is 3. The van der Waals surface area contributed by atoms with E-state index in [4.69, 9.17) is 11.6 Å². The number of nitrogens with one attached hydrogen (secondary N) is 2. The smallest absolute Gasteiger partial charge is 0.226 e. The lowest BCUT2D eigenvalue weighted by molar-refractivity contribution is -0.116. The fourth-order valence-corrected chi connectivity index (χ4v) is 3.91. The van der Waals surface area contributed by atoms with E-state index in [0.717, 1.165) is 26.2 Å². The normalized spacial score (nSPS) is 14.6. The minimum Gasteiger partial charge on any atom is -0.390 e. The number of aliphatic hydroxyl groups is 1. The number of hydrogen-bond acceptors (Lipinski definition) is 8. The summed E-state index contributed by atoms with van der Waals surface area (Å²) < 4.78 is 14.3. The molecule has 3 N–H and O–H groups in total. The zero-order valence-electron chi connectivity index (χ0n) is 19.3. The monoisotopic (exact) mass is 499 g/mol. The third-order valence-electron chi connectivity index (χ3n) is 5.78. The molecule has 2 aromatic heterocycles. The van der Waals surface area contributed by atoms with Crippen molar-refractivity contribution in [2.75, 3.05) is 50.4 Å². The number of hydrogen-bond donors (Lipinski definition) is 3. The van der Waals surface area contributed by atoms with E-state index in [1.54, 1.807) is 24.4 Å². The van der Waals surface area contributed by atoms with Crippen molar-refractivity contribution in [1.29, 1.82) is 0 Å². The van der Waals surface area contributed by atoms with Crippen molar-refractivity contribution in [3.63, 3.8) is 0 Å². The quantitative estimate of drug-likeness (QED) is 0.434. The molecule has 1 fully saturated rings. The number of rotatable bonds is 8. The third kappa shape index (κ3) is 6.70. The minimum absolute atomic E-state index is 0.117. The number of piperazine rings is 1. The van der Waals surface area contributed by atoms with Crippen LogP contribution in [0, 0.1) is 5.82 Å². The van der Waals surface area contributed by atoms with E-state index >= 15 is 0 Å². The average molecular weight is 500 g/mol. The Balaban J connectivity index is 1.44. The van der Waals surface area contributed by atoms with E-state index in [0.29, 0.717) is 35.2 Å². The van der Waals surface area contributed by atoms with E-state index in [-0.39, 0.29) is 29.5 Å². The molecule has 11 heteroatoms. The molecule has 4 rings (SSSR count). The SMILES string of the molecule is CN1CCN(CCC(=O)Nc2cc(Nc3cc(-c4cc(Cl)ccc4F)nnc3CO)ccn2)CC1. The van der Waals surface area contributed by atoms with Crippen molar-refractivity contribution in [3.05, 3.63) is 59.1 Å². The molecule has 9 nitrogen and oxygen atoms in total. The van der Waals surface area contributed by atoms with Crippen LogP contribution in [-0.4, -0.2) is 75.8 Å². The molecule has 3 heterocycles. The molecule has 35 heavy (non-hydrogen) atoms. The number of pyridine rings is 1. The highest BCUT2D eigenvalue weighted by Gasteiger charge is 2.16. The first-order valence-corrected chi connectivity index (χ1v) is 11.7. The Morgan fingerprint density at radius 1 is 1.14 bits per heavy atom. The molecular weight excluding hydrogens is 473 g/mol. The van der Waals surface area contributed by atoms with Gasteiger partial charge in [-0.25, -0.2) is 9.37 Å². The van der Waals surface area contributed by atoms with Crippen molar-refractivity contribution in [2.24, 2.45) is 0 Å². The number of nitrogens with zero attached hydrogens (tertiary/aromatic N) is 5. The summed E-state index contributed by atoms with van der Waals surface area (Å²) in [5.41, 5.74) is 1.78. The van der Waals surface area contributed by atoms with Gasteiger partial charge in [-0.15, -0.1) is 5.10 Å². The molecule has 0 atom stereocenters. The van der Waals surface area contributed by atoms with Crippen molar-refractivity contribution in [2.45, 2.75) is 13.0 Å². The summed E-state index contributed by atoms with van der Waals surface area (Å²) >= 11 is 6.01. The Hall–Kier alpha value is -3.18. The molecular formula is C24H27ClFN7O2. The summed E-state index contributed by atoms with van der Waals surface area (Å²) in [5.74, 6) is -0.210. The molecule has 0 aliphatic carbocycles. The van der Waals surface area contributed by atoms with Crippen LogP contribution in [0.4, 0.5) is 21.6 Å². The van der Waals surface area contributed by atoms with E-state index in [2.05, 4.69) is 42.7 Å². The topological polar surface area (TPSA) is 107 Å². The molecule has 1 aromatic carbocycles. The Labute approximate surface area is 207 Å². The molecule has 0 unspecified atom stereocenters. The van der Waals surface area contributed by atoms with Crippen LogP contribution in [0.5, 0.6) is 0 Å². The maximum absolute atomic E-state index is 14.3. The summed E-state index contributed by atoms with van der Waals surface area (Å²) in [5, 5.41) is 24.1. The Bertz CT molecular complexity index is 1190. The molecule has 0 spiro atoms. The van der Waals surface area contributed by atoms with Gasteiger partial charge in [-0.2, -0.15) is 5.10 Å². The highest BCUT2D eigenvalue weighted by atomic mass is 35.5. The molecule has 1 saturated heterocycles. The number of halogens is 2. The second kappa shape index (κ2) is 11.5. The van der Waals surface area contributed by atoms with Gasteiger partial charge in [-0.3, -0.25) is 4.79 Å². The van der Waals surface area contributed by atoms with Crippen molar-refractivity contribution < 1.29 is 14.3 Å². The van der Waals surface area contributed by atoms with Crippen LogP contribution < -0.4 is 10.6 Å². The summed E-state index contributed by atoms with van der Waals surface area (Å²) in [6.45, 7) is 4.24. The molecule has 1 amide bonds. The lowest BCUT2D eigenvalue weighted by Gasteiger charge is -2.32. The van der Waals surface area contributed by atoms with Crippen molar-refractivity contribution >= 4 is 34.7 Å². The van der Waals surface area contributed by atoms with Crippen LogP contribution >= 0.6 is 11.6 Å². The predicted octanol–water partition coefficient (Wildman–Crippen LogP) is 3.14. The van der Waals surface area contributed by atoms with Gasteiger partial charge >= 0.3 is 0 Å². The standard InChI is InChI=1S/C24H27ClFN7O2/c1-32-8-10-33(11-9-32)7-5-24(35)29-23-13-17(4-6-27-23)28-21-14-20(30-31-22(21)15-34)18-12-16(25)2-3-19(18)26/h2-4,6,12-14,34H,5,7-11,15H2,1H3,(H2,27,28,29,30,35). The Morgan fingerprint density at radius 3 is 2.71 bits per heavy atom. The van der Waals surface area contributed by atoms with Crippen LogP contribution in [0.2, 0.25) is 5.02 Å². The fraction of sp³-hybridized carbons (Fsp3) is 0.333. The van der Waals surface area contributed by atoms with Crippen LogP contribution in [0.25, 0.3) is 11.3 Å². The van der Waals surface area contributed by atoms with Gasteiger partial charge < -0.3 is 25.5 Å². The van der Waals surface area contributed by atoms with Gasteiger partial charge in [0.25, 0.3) is 0 Å². The largest absolute Gasteiger partial charge is 0.390 e. The zero-order valence-corrected chi connectivity index (χ0v) is 20.1. The number of anilines is 3. The summed E-state index contributed by atoms with van der Waals surface area (Å²) in [4.78, 5) is 21.2. The first kappa shape index (κ1) is 24.9. The molecule has 0 saturated carbocycles. The second-order valence-corrected chi connectivity index (χ2v) is 8.81. The van der Waals surface area contributed by atoms with Crippen LogP contribution in [0.15, 0.2) is 42.6 Å². The molecule has 0 bridgehead atoms. The van der Waals surface area contributed by atoms with E-state index in [1.165, 1.54) is 18.2 Å². The molecule has 0 radical (unpaired) electrons. The Kier molecular flexibility index (Phi) is 8.19. The average Bonchev–Trinajstić information content (AvgIpc) is 2.85. The van der Waals surface area contributed by atoms with Gasteiger partial charge in [-0.05, 0) is 37.4 Å². The predicted molar refractivity (Wildman–Crippen MR) is 133 cm³/mol. The van der Waals surface area contributed by atoms with Gasteiger partial charge in [-0.1, -0.05) is 11.6 Å². The Morgan fingerprint density at radius 2 is 1.94 bits per heavy atom. The number of carbonyl (C=O) groups is 1. The highest BCUT2D eigenvalue weighted by molar-refractivity contribution is 6.30. The number of benzene rings is 1. The summed E-state index contributed by atoms with van der Waals surface area (Å²) in [6, 6.07) is 9.14. The maximum Gasteiger partial charge on any atom is 0.226 e. The van der Waals surface area contributed by atoms with E-state index in [1.807, 2.05) is 0 Å². The van der Waals surface area contributed by atoms with Crippen LogP contribution in [0.3, 0.4) is 0 Å². The van der Waals surface area contributed by atoms with Crippen LogP contribution in [-0.2, 0) is 11.4 Å². The first-order valence-electron chi connectivity index (χ1n) is 11.3. The number of carbonyl (C=O) groups excluding carboxylic acids is 1. The van der Waals surface area contributed by atoms with Crippen molar-refractivity contribution in [1.82, 2.24) is 25.0 Å². The number of amides is 1.